The van der Waals surface area contributed by atoms with E-state index >= 15 is 0 Å². The topological polar surface area (TPSA) is 45.2 Å². The average molecular weight is 297 g/mol. The molecule has 0 fully saturated rings. The van der Waals surface area contributed by atoms with Crippen LogP contribution in [0.1, 0.15) is 16.7 Å². The molecule has 1 heterocycles. The second-order valence-electron chi connectivity index (χ2n) is 5.51. The summed E-state index contributed by atoms with van der Waals surface area (Å²) in [4.78, 5) is 17.8. The molecule has 1 N–H and O–H groups in total. The molecule has 22 heavy (non-hydrogen) atoms. The summed E-state index contributed by atoms with van der Waals surface area (Å²) in [5, 5.41) is 3.20. The third kappa shape index (κ3) is 5.30. The second kappa shape index (κ2) is 8.29. The van der Waals surface area contributed by atoms with Crippen molar-refractivity contribution in [2.75, 3.05) is 20.1 Å². The fraction of sp³-hybridized carbons (Fsp3) is 0.333. The molecule has 1 aromatic heterocycles. The van der Waals surface area contributed by atoms with E-state index in [2.05, 4.69) is 41.5 Å². The Labute approximate surface area is 132 Å². The van der Waals surface area contributed by atoms with Gasteiger partial charge in [0.2, 0.25) is 5.91 Å². The molecule has 1 aromatic carbocycles. The van der Waals surface area contributed by atoms with Crippen LogP contribution in [0.4, 0.5) is 0 Å². The van der Waals surface area contributed by atoms with E-state index in [4.69, 9.17) is 0 Å². The molecule has 0 bridgehead atoms. The Morgan fingerprint density at radius 2 is 1.77 bits per heavy atom. The van der Waals surface area contributed by atoms with E-state index in [1.807, 2.05) is 19.2 Å². The lowest BCUT2D eigenvalue weighted by Gasteiger charge is -2.17. The van der Waals surface area contributed by atoms with E-state index in [-0.39, 0.29) is 5.91 Å². The Balaban J connectivity index is 1.69. The predicted molar refractivity (Wildman–Crippen MR) is 88.5 cm³/mol. The number of likely N-dealkylation sites (N-methyl/N-ethyl adjacent to an activating group) is 1. The highest BCUT2D eigenvalue weighted by Crippen LogP contribution is 2.02. The Bertz CT molecular complexity index is 581. The van der Waals surface area contributed by atoms with E-state index in [0.29, 0.717) is 13.1 Å². The molecule has 1 amide bonds. The van der Waals surface area contributed by atoms with Gasteiger partial charge in [0.05, 0.1) is 6.54 Å². The van der Waals surface area contributed by atoms with Gasteiger partial charge in [0.15, 0.2) is 0 Å². The van der Waals surface area contributed by atoms with Crippen LogP contribution >= 0.6 is 0 Å². The zero-order valence-corrected chi connectivity index (χ0v) is 13.2. The van der Waals surface area contributed by atoms with Gasteiger partial charge in [-0.1, -0.05) is 29.8 Å². The van der Waals surface area contributed by atoms with Crippen LogP contribution in [0.2, 0.25) is 0 Å². The summed E-state index contributed by atoms with van der Waals surface area (Å²) in [6.07, 6.45) is 4.41. The Morgan fingerprint density at radius 3 is 2.45 bits per heavy atom. The lowest BCUT2D eigenvalue weighted by atomic mass is 10.1. The fourth-order valence-electron chi connectivity index (χ4n) is 2.13. The van der Waals surface area contributed by atoms with Gasteiger partial charge in [0.25, 0.3) is 0 Å². The molecular formula is C18H23N3O. The molecule has 0 aliphatic rings. The summed E-state index contributed by atoms with van der Waals surface area (Å²) in [6.45, 7) is 3.86. The van der Waals surface area contributed by atoms with Crippen molar-refractivity contribution >= 4 is 5.91 Å². The first-order valence-corrected chi connectivity index (χ1v) is 7.54. The van der Waals surface area contributed by atoms with Crippen molar-refractivity contribution in [3.8, 4) is 0 Å². The Kier molecular flexibility index (Phi) is 6.10. The minimum Gasteiger partial charge on any atom is -0.344 e. The van der Waals surface area contributed by atoms with Gasteiger partial charge in [0.1, 0.15) is 0 Å². The van der Waals surface area contributed by atoms with Crippen LogP contribution in [-0.4, -0.2) is 35.9 Å². The maximum absolute atomic E-state index is 12.1. The minimum absolute atomic E-state index is 0.112. The highest BCUT2D eigenvalue weighted by atomic mass is 16.2. The molecule has 0 aliphatic carbocycles. The number of hydrogen-bond acceptors (Lipinski definition) is 3. The number of aryl methyl sites for hydroxylation is 1. The van der Waals surface area contributed by atoms with Crippen LogP contribution in [0, 0.1) is 6.92 Å². The smallest absolute Gasteiger partial charge is 0.236 e. The number of amides is 1. The zero-order chi connectivity index (χ0) is 15.8. The highest BCUT2D eigenvalue weighted by Gasteiger charge is 2.08. The average Bonchev–Trinajstić information content (AvgIpc) is 2.55. The van der Waals surface area contributed by atoms with Crippen molar-refractivity contribution in [1.82, 2.24) is 15.2 Å². The van der Waals surface area contributed by atoms with Crippen molar-refractivity contribution in [2.45, 2.75) is 19.9 Å². The van der Waals surface area contributed by atoms with Crippen LogP contribution in [0.15, 0.2) is 48.8 Å². The van der Waals surface area contributed by atoms with Crippen molar-refractivity contribution in [3.63, 3.8) is 0 Å². The zero-order valence-electron chi connectivity index (χ0n) is 13.2. The summed E-state index contributed by atoms with van der Waals surface area (Å²) in [5.41, 5.74) is 3.63. The number of nitrogens with zero attached hydrogens (tertiary/aromatic N) is 2. The minimum atomic E-state index is 0.112. The lowest BCUT2D eigenvalue weighted by Crippen LogP contribution is -2.36. The fourth-order valence-corrected chi connectivity index (χ4v) is 2.13. The highest BCUT2D eigenvalue weighted by molar-refractivity contribution is 5.77. The molecule has 116 valence electrons. The number of aromatic nitrogens is 1. The van der Waals surface area contributed by atoms with Gasteiger partial charge in [-0.15, -0.1) is 0 Å². The first-order chi connectivity index (χ1) is 10.6. The number of carbonyl (C=O) groups excluding carboxylic acids is 1. The lowest BCUT2D eigenvalue weighted by molar-refractivity contribution is -0.128. The largest absolute Gasteiger partial charge is 0.344 e. The second-order valence-corrected chi connectivity index (χ2v) is 5.51. The van der Waals surface area contributed by atoms with Gasteiger partial charge < -0.3 is 10.2 Å². The summed E-state index contributed by atoms with van der Waals surface area (Å²) < 4.78 is 0. The number of pyridine rings is 1. The maximum atomic E-state index is 12.1. The van der Waals surface area contributed by atoms with E-state index < -0.39 is 0 Å². The first-order valence-electron chi connectivity index (χ1n) is 7.54. The monoisotopic (exact) mass is 297 g/mol. The van der Waals surface area contributed by atoms with Gasteiger partial charge in [-0.05, 0) is 36.6 Å². The SMILES string of the molecule is Cc1ccc(CNCC(=O)N(C)CCc2ccncc2)cc1. The molecular weight excluding hydrogens is 274 g/mol. The van der Waals surface area contributed by atoms with Gasteiger partial charge in [-0.25, -0.2) is 0 Å². The molecule has 4 heteroatoms. The summed E-state index contributed by atoms with van der Waals surface area (Å²) in [5.74, 6) is 0.112. The molecule has 0 saturated heterocycles. The van der Waals surface area contributed by atoms with E-state index in [1.165, 1.54) is 16.7 Å². The van der Waals surface area contributed by atoms with E-state index in [1.54, 1.807) is 17.3 Å². The third-order valence-electron chi connectivity index (χ3n) is 3.64. The van der Waals surface area contributed by atoms with E-state index in [9.17, 15) is 4.79 Å². The maximum Gasteiger partial charge on any atom is 0.236 e. The van der Waals surface area contributed by atoms with Crippen LogP contribution in [0.5, 0.6) is 0 Å². The Morgan fingerprint density at radius 1 is 1.09 bits per heavy atom. The quantitative estimate of drug-likeness (QED) is 0.852. The molecule has 0 saturated carbocycles. The van der Waals surface area contributed by atoms with E-state index in [0.717, 1.165) is 13.0 Å². The predicted octanol–water partition coefficient (Wildman–Crippen LogP) is 2.18. The number of nitrogens with one attached hydrogen (secondary N) is 1. The molecule has 0 atom stereocenters. The molecule has 0 radical (unpaired) electrons. The van der Waals surface area contributed by atoms with Crippen LogP contribution in [0.3, 0.4) is 0 Å². The number of carbonyl (C=O) groups is 1. The molecule has 2 aromatic rings. The number of hydrogen-bond donors (Lipinski definition) is 1. The summed E-state index contributed by atoms with van der Waals surface area (Å²) >= 11 is 0. The molecule has 0 aliphatic heterocycles. The van der Waals surface area contributed by atoms with Gasteiger partial charge in [0, 0.05) is 32.5 Å². The summed E-state index contributed by atoms with van der Waals surface area (Å²) in [6, 6.07) is 12.3. The number of rotatable bonds is 7. The standard InChI is InChI=1S/C18H23N3O/c1-15-3-5-17(6-4-15)13-20-14-18(22)21(2)12-9-16-7-10-19-11-8-16/h3-8,10-11,20H,9,12-14H2,1-2H3. The van der Waals surface area contributed by atoms with Crippen LogP contribution < -0.4 is 5.32 Å². The third-order valence-corrected chi connectivity index (χ3v) is 3.64. The molecule has 0 spiro atoms. The van der Waals surface area contributed by atoms with Crippen LogP contribution in [0.25, 0.3) is 0 Å². The first kappa shape index (κ1) is 16.2. The van der Waals surface area contributed by atoms with Crippen LogP contribution in [-0.2, 0) is 17.8 Å². The van der Waals surface area contributed by atoms with Gasteiger partial charge in [-0.3, -0.25) is 9.78 Å². The number of benzene rings is 1. The van der Waals surface area contributed by atoms with Gasteiger partial charge >= 0.3 is 0 Å². The Hall–Kier alpha value is -2.20. The van der Waals surface area contributed by atoms with Crippen molar-refractivity contribution in [3.05, 3.63) is 65.5 Å². The molecule has 0 unspecified atom stereocenters. The normalized spacial score (nSPS) is 10.5. The van der Waals surface area contributed by atoms with Gasteiger partial charge in [-0.2, -0.15) is 0 Å². The molecule has 2 rings (SSSR count). The van der Waals surface area contributed by atoms with Crippen molar-refractivity contribution in [1.29, 1.82) is 0 Å². The van der Waals surface area contributed by atoms with Crippen molar-refractivity contribution in [2.24, 2.45) is 0 Å². The van der Waals surface area contributed by atoms with Crippen molar-refractivity contribution < 1.29 is 4.79 Å². The molecule has 4 nitrogen and oxygen atoms in total. The summed E-state index contributed by atoms with van der Waals surface area (Å²) in [7, 11) is 1.84.